The van der Waals surface area contributed by atoms with E-state index in [2.05, 4.69) is 31.5 Å². The molecule has 31 heavy (non-hydrogen) atoms. The van der Waals surface area contributed by atoms with Crippen LogP contribution in [0.15, 0.2) is 24.3 Å². The largest absolute Gasteiger partial charge is 0.790 e. The van der Waals surface area contributed by atoms with Gasteiger partial charge in [0, 0.05) is 17.8 Å². The third-order valence-corrected chi connectivity index (χ3v) is 3.81. The van der Waals surface area contributed by atoms with Gasteiger partial charge in [0.1, 0.15) is 0 Å². The van der Waals surface area contributed by atoms with Crippen LogP contribution in [0.25, 0.3) is 0 Å². The second-order valence-corrected chi connectivity index (χ2v) is 8.14. The van der Waals surface area contributed by atoms with Gasteiger partial charge in [0.2, 0.25) is 13.5 Å². The molecule has 0 aliphatic carbocycles. The fourth-order valence-corrected chi connectivity index (χ4v) is 2.10. The lowest BCUT2D eigenvalue weighted by Crippen LogP contribution is -3.09. The van der Waals surface area contributed by atoms with Crippen molar-refractivity contribution >= 4 is 19.8 Å². The standard InChI is InChI=1S/2C9H17NO2.C2H7O4P/c2*1-5-6-10(4)7-12-9(11)8(2)3;1-2-6-7(3,4)5/h2*2,5-7H2,1,3-4H3;2H2,1H3,(H2,3,4,5). The summed E-state index contributed by atoms with van der Waals surface area (Å²) in [5.74, 6) is -0.601. The molecule has 0 saturated heterocycles. The van der Waals surface area contributed by atoms with E-state index in [1.54, 1.807) is 13.8 Å². The Bertz CT molecular complexity index is 540. The zero-order chi connectivity index (χ0) is 25.0. The first-order valence-electron chi connectivity index (χ1n) is 10.2. The quantitative estimate of drug-likeness (QED) is 0.158. The highest BCUT2D eigenvalue weighted by Crippen LogP contribution is 2.23. The van der Waals surface area contributed by atoms with Crippen molar-refractivity contribution in [2.24, 2.45) is 0 Å². The van der Waals surface area contributed by atoms with Gasteiger partial charge < -0.3 is 38.1 Å². The first kappa shape index (κ1) is 34.1. The van der Waals surface area contributed by atoms with Crippen LogP contribution in [-0.2, 0) is 28.2 Å². The second kappa shape index (κ2) is 20.4. The molecule has 0 bridgehead atoms. The zero-order valence-corrected chi connectivity index (χ0v) is 21.0. The van der Waals surface area contributed by atoms with E-state index in [-0.39, 0.29) is 18.5 Å². The third kappa shape index (κ3) is 28.4. The molecular weight excluding hydrogens is 427 g/mol. The van der Waals surface area contributed by atoms with Crippen LogP contribution in [0.2, 0.25) is 0 Å². The van der Waals surface area contributed by atoms with E-state index in [1.807, 2.05) is 14.1 Å². The minimum absolute atomic E-state index is 0.0791. The first-order valence-corrected chi connectivity index (χ1v) is 11.6. The van der Waals surface area contributed by atoms with Gasteiger partial charge in [-0.15, -0.1) is 0 Å². The lowest BCUT2D eigenvalue weighted by atomic mass is 10.4. The van der Waals surface area contributed by atoms with Crippen LogP contribution < -0.4 is 19.6 Å². The monoisotopic (exact) mass is 468 g/mol. The first-order chi connectivity index (χ1) is 14.2. The van der Waals surface area contributed by atoms with Crippen molar-refractivity contribution in [2.45, 2.75) is 47.5 Å². The molecule has 0 amide bonds. The molecule has 0 spiro atoms. The van der Waals surface area contributed by atoms with E-state index < -0.39 is 7.82 Å². The van der Waals surface area contributed by atoms with Gasteiger partial charge in [-0.25, -0.2) is 9.59 Å². The summed E-state index contributed by atoms with van der Waals surface area (Å²) in [7, 11) is -0.675. The lowest BCUT2D eigenvalue weighted by Gasteiger charge is -2.27. The van der Waals surface area contributed by atoms with Gasteiger partial charge in [-0.05, 0) is 33.6 Å². The van der Waals surface area contributed by atoms with Crippen molar-refractivity contribution in [1.82, 2.24) is 0 Å². The Hall–Kier alpha value is -1.55. The van der Waals surface area contributed by atoms with Crippen LogP contribution in [0.4, 0.5) is 0 Å². The third-order valence-electron chi connectivity index (χ3n) is 3.24. The van der Waals surface area contributed by atoms with Gasteiger partial charge in [0.15, 0.2) is 0 Å². The maximum atomic E-state index is 10.9. The molecular formula is C20H41N2O8P. The molecule has 2 atom stereocenters. The van der Waals surface area contributed by atoms with Crippen LogP contribution in [0.3, 0.4) is 0 Å². The van der Waals surface area contributed by atoms with Crippen molar-refractivity contribution in [3.05, 3.63) is 24.3 Å². The maximum Gasteiger partial charge on any atom is 0.337 e. The minimum atomic E-state index is -4.67. The molecule has 0 aliphatic heterocycles. The molecule has 2 N–H and O–H groups in total. The number of quaternary nitrogens is 2. The number of rotatable bonds is 12. The summed E-state index contributed by atoms with van der Waals surface area (Å²) >= 11 is 0. The van der Waals surface area contributed by atoms with Crippen LogP contribution in [0.1, 0.15) is 47.5 Å². The number of phosphoric acid groups is 1. The van der Waals surface area contributed by atoms with E-state index >= 15 is 0 Å². The average Bonchev–Trinajstić information content (AvgIpc) is 2.64. The van der Waals surface area contributed by atoms with E-state index in [0.717, 1.165) is 25.9 Å². The summed E-state index contributed by atoms with van der Waals surface area (Å²) in [5, 5.41) is 0. The summed E-state index contributed by atoms with van der Waals surface area (Å²) in [6.45, 7) is 18.7. The van der Waals surface area contributed by atoms with Gasteiger partial charge in [-0.3, -0.25) is 0 Å². The van der Waals surface area contributed by atoms with E-state index in [0.29, 0.717) is 24.6 Å². The normalized spacial score (nSPS) is 12.2. The number of hydrogen-bond acceptors (Lipinski definition) is 8. The highest BCUT2D eigenvalue weighted by Gasteiger charge is 2.07. The summed E-state index contributed by atoms with van der Waals surface area (Å²) in [6, 6.07) is 0. The topological polar surface area (TPSA) is 134 Å². The predicted molar refractivity (Wildman–Crippen MR) is 115 cm³/mol. The summed E-state index contributed by atoms with van der Waals surface area (Å²) < 4.78 is 23.0. The predicted octanol–water partition coefficient (Wildman–Crippen LogP) is -1.17. The highest BCUT2D eigenvalue weighted by atomic mass is 31.2. The molecule has 0 heterocycles. The molecule has 0 fully saturated rings. The van der Waals surface area contributed by atoms with E-state index in [9.17, 15) is 23.9 Å². The molecule has 11 heteroatoms. The van der Waals surface area contributed by atoms with Crippen molar-refractivity contribution in [1.29, 1.82) is 0 Å². The SMILES string of the molecule is C=C(C)C(=O)OC[NH+](C)CCC.C=C(C)C(=O)OC[NH+](C)CCC.CCOP(=O)([O-])[O-]. The number of phosphoric ester groups is 1. The van der Waals surface area contributed by atoms with Crippen LogP contribution in [0.5, 0.6) is 0 Å². The molecule has 10 nitrogen and oxygen atoms in total. The van der Waals surface area contributed by atoms with Gasteiger partial charge in [0.25, 0.3) is 0 Å². The number of esters is 2. The zero-order valence-electron chi connectivity index (χ0n) is 20.1. The van der Waals surface area contributed by atoms with Gasteiger partial charge in [0.05, 0.1) is 35.0 Å². The molecule has 2 unspecified atom stereocenters. The molecule has 0 saturated carbocycles. The Morgan fingerprint density at radius 3 is 1.32 bits per heavy atom. The number of ether oxygens (including phenoxy) is 2. The Labute approximate surface area is 187 Å². The molecule has 0 rings (SSSR count). The summed E-state index contributed by atoms with van der Waals surface area (Å²) in [5.41, 5.74) is 0.915. The second-order valence-electron chi connectivity index (χ2n) is 6.99. The number of nitrogens with one attached hydrogen (secondary N) is 2. The van der Waals surface area contributed by atoms with Crippen molar-refractivity contribution in [3.8, 4) is 0 Å². The van der Waals surface area contributed by atoms with Crippen molar-refractivity contribution < 1.29 is 47.7 Å². The van der Waals surface area contributed by atoms with Crippen LogP contribution in [-0.4, -0.2) is 59.2 Å². The molecule has 0 aromatic rings. The minimum Gasteiger partial charge on any atom is -0.790 e. The maximum absolute atomic E-state index is 10.9. The Morgan fingerprint density at radius 2 is 1.16 bits per heavy atom. The lowest BCUT2D eigenvalue weighted by molar-refractivity contribution is -0.897. The fourth-order valence-electron chi connectivity index (χ4n) is 1.78. The van der Waals surface area contributed by atoms with Crippen molar-refractivity contribution in [2.75, 3.05) is 47.3 Å². The highest BCUT2D eigenvalue weighted by molar-refractivity contribution is 7.43. The van der Waals surface area contributed by atoms with E-state index in [1.165, 1.54) is 16.7 Å². The van der Waals surface area contributed by atoms with Gasteiger partial charge >= 0.3 is 11.9 Å². The molecule has 0 radical (unpaired) electrons. The number of hydrogen-bond donors (Lipinski definition) is 2. The van der Waals surface area contributed by atoms with Gasteiger partial charge in [-0.2, -0.15) is 0 Å². The Kier molecular flexibility index (Phi) is 22.4. The number of carbonyl (C=O) groups excluding carboxylic acids is 2. The summed E-state index contributed by atoms with van der Waals surface area (Å²) in [6.07, 6.45) is 2.19. The molecule has 0 aromatic heterocycles. The molecule has 0 aromatic carbocycles. The fraction of sp³-hybridized carbons (Fsp3) is 0.700. The average molecular weight is 469 g/mol. The van der Waals surface area contributed by atoms with Crippen LogP contribution in [0, 0.1) is 0 Å². The molecule has 184 valence electrons. The Balaban J connectivity index is -0.000000394. The van der Waals surface area contributed by atoms with E-state index in [4.69, 9.17) is 9.47 Å². The smallest absolute Gasteiger partial charge is 0.337 e. The molecule has 0 aliphatic rings. The van der Waals surface area contributed by atoms with Gasteiger partial charge in [-0.1, -0.05) is 27.0 Å². The number of carbonyl (C=O) groups is 2. The Morgan fingerprint density at radius 1 is 0.839 bits per heavy atom. The summed E-state index contributed by atoms with van der Waals surface area (Å²) in [4.78, 5) is 43.2. The van der Waals surface area contributed by atoms with Crippen LogP contribution >= 0.6 is 7.82 Å². The van der Waals surface area contributed by atoms with Crippen molar-refractivity contribution in [3.63, 3.8) is 0 Å².